The molecule has 4 nitrogen and oxygen atoms in total. The predicted octanol–water partition coefficient (Wildman–Crippen LogP) is 1.56. The number of nitrogens with zero attached hydrogens (tertiary/aromatic N) is 1. The lowest BCUT2D eigenvalue weighted by Crippen LogP contribution is -2.46. The van der Waals surface area contributed by atoms with Crippen LogP contribution in [0.3, 0.4) is 0 Å². The van der Waals surface area contributed by atoms with Crippen molar-refractivity contribution in [3.05, 3.63) is 0 Å². The summed E-state index contributed by atoms with van der Waals surface area (Å²) in [6, 6.07) is 0.374. The first-order valence-electron chi connectivity index (χ1n) is 6.20. The van der Waals surface area contributed by atoms with Gasteiger partial charge in [0.25, 0.3) is 5.91 Å². The first-order chi connectivity index (χ1) is 7.70. The van der Waals surface area contributed by atoms with Crippen molar-refractivity contribution < 1.29 is 9.53 Å². The Bertz CT molecular complexity index is 215. The Kier molecular flexibility index (Phi) is 8.56. The highest BCUT2D eigenvalue weighted by molar-refractivity contribution is 5.85. The number of methoxy groups -OCH3 is 1. The molecule has 0 bridgehead atoms. The van der Waals surface area contributed by atoms with E-state index in [2.05, 4.69) is 0 Å². The number of halogens is 1. The molecular formula is C12H25ClN2O2. The minimum Gasteiger partial charge on any atom is -0.370 e. The van der Waals surface area contributed by atoms with E-state index in [1.165, 1.54) is 32.8 Å². The minimum atomic E-state index is -0.478. The fourth-order valence-electron chi connectivity index (χ4n) is 2.35. The van der Waals surface area contributed by atoms with Gasteiger partial charge in [-0.05, 0) is 12.8 Å². The third kappa shape index (κ3) is 4.82. The molecule has 0 saturated heterocycles. The van der Waals surface area contributed by atoms with Gasteiger partial charge in [-0.25, -0.2) is 0 Å². The second-order valence-corrected chi connectivity index (χ2v) is 4.55. The zero-order chi connectivity index (χ0) is 12.0. The summed E-state index contributed by atoms with van der Waals surface area (Å²) in [7, 11) is 3.41. The van der Waals surface area contributed by atoms with E-state index < -0.39 is 6.10 Å². The first-order valence-corrected chi connectivity index (χ1v) is 6.20. The molecule has 1 rings (SSSR count). The summed E-state index contributed by atoms with van der Waals surface area (Å²) in [6.07, 6.45) is 6.79. The fourth-order valence-corrected chi connectivity index (χ4v) is 2.35. The van der Waals surface area contributed by atoms with Crippen LogP contribution in [0.25, 0.3) is 0 Å². The van der Waals surface area contributed by atoms with Crippen LogP contribution in [0, 0.1) is 0 Å². The Hall–Kier alpha value is -0.320. The molecule has 5 heteroatoms. The van der Waals surface area contributed by atoms with Crippen LogP contribution in [0.15, 0.2) is 0 Å². The van der Waals surface area contributed by atoms with E-state index in [9.17, 15) is 4.79 Å². The second kappa shape index (κ2) is 8.72. The number of carbonyl (C=O) groups excluding carboxylic acids is 1. The summed E-state index contributed by atoms with van der Waals surface area (Å²) < 4.78 is 5.09. The minimum absolute atomic E-state index is 0. The maximum Gasteiger partial charge on any atom is 0.252 e. The van der Waals surface area contributed by atoms with Crippen LogP contribution >= 0.6 is 12.4 Å². The zero-order valence-electron chi connectivity index (χ0n) is 10.9. The van der Waals surface area contributed by atoms with Gasteiger partial charge in [0.2, 0.25) is 0 Å². The van der Waals surface area contributed by atoms with Crippen molar-refractivity contribution >= 4 is 18.3 Å². The van der Waals surface area contributed by atoms with Gasteiger partial charge in [-0.15, -0.1) is 12.4 Å². The number of rotatable bonds is 4. The normalized spacial score (nSPS) is 19.0. The van der Waals surface area contributed by atoms with Crippen LogP contribution < -0.4 is 5.73 Å². The van der Waals surface area contributed by atoms with Gasteiger partial charge < -0.3 is 15.4 Å². The van der Waals surface area contributed by atoms with Crippen LogP contribution in [0.2, 0.25) is 0 Å². The average Bonchev–Trinajstić information content (AvgIpc) is 2.58. The molecule has 102 valence electrons. The van der Waals surface area contributed by atoms with Gasteiger partial charge in [0.05, 0.1) is 0 Å². The topological polar surface area (TPSA) is 55.6 Å². The Morgan fingerprint density at radius 3 is 2.29 bits per heavy atom. The van der Waals surface area contributed by atoms with Crippen molar-refractivity contribution in [1.82, 2.24) is 4.90 Å². The Balaban J connectivity index is 0.00000256. The van der Waals surface area contributed by atoms with E-state index in [4.69, 9.17) is 10.5 Å². The fraction of sp³-hybridized carbons (Fsp3) is 0.917. The number of carbonyl (C=O) groups is 1. The van der Waals surface area contributed by atoms with E-state index in [0.717, 1.165) is 12.8 Å². The lowest BCUT2D eigenvalue weighted by atomic mass is 10.1. The van der Waals surface area contributed by atoms with Crippen molar-refractivity contribution in [1.29, 1.82) is 0 Å². The average molecular weight is 265 g/mol. The molecule has 1 unspecified atom stereocenters. The van der Waals surface area contributed by atoms with Crippen LogP contribution in [0.1, 0.15) is 38.5 Å². The molecule has 0 aromatic carbocycles. The highest BCUT2D eigenvalue weighted by Crippen LogP contribution is 2.21. The molecule has 0 aromatic heterocycles. The predicted molar refractivity (Wildman–Crippen MR) is 71.4 cm³/mol. The van der Waals surface area contributed by atoms with Gasteiger partial charge in [0, 0.05) is 26.7 Å². The van der Waals surface area contributed by atoms with Gasteiger partial charge in [-0.3, -0.25) is 4.79 Å². The zero-order valence-corrected chi connectivity index (χ0v) is 11.7. The third-order valence-corrected chi connectivity index (χ3v) is 3.49. The van der Waals surface area contributed by atoms with Gasteiger partial charge in [0.15, 0.2) is 0 Å². The number of hydrogen-bond acceptors (Lipinski definition) is 3. The van der Waals surface area contributed by atoms with Gasteiger partial charge in [-0.2, -0.15) is 0 Å². The Labute approximate surface area is 110 Å². The van der Waals surface area contributed by atoms with Gasteiger partial charge >= 0.3 is 0 Å². The molecule has 0 heterocycles. The third-order valence-electron chi connectivity index (χ3n) is 3.49. The van der Waals surface area contributed by atoms with Gasteiger partial charge in [-0.1, -0.05) is 25.7 Å². The smallest absolute Gasteiger partial charge is 0.252 e. The van der Waals surface area contributed by atoms with E-state index >= 15 is 0 Å². The van der Waals surface area contributed by atoms with Crippen LogP contribution in [0.5, 0.6) is 0 Å². The molecular weight excluding hydrogens is 240 g/mol. The Morgan fingerprint density at radius 2 is 1.88 bits per heavy atom. The number of likely N-dealkylation sites (N-methyl/N-ethyl adjacent to an activating group) is 1. The van der Waals surface area contributed by atoms with Crippen LogP contribution in [0.4, 0.5) is 0 Å². The maximum atomic E-state index is 12.0. The highest BCUT2D eigenvalue weighted by atomic mass is 35.5. The summed E-state index contributed by atoms with van der Waals surface area (Å²) in [5, 5.41) is 0. The van der Waals surface area contributed by atoms with Crippen LogP contribution in [-0.2, 0) is 9.53 Å². The number of nitrogens with two attached hydrogens (primary N) is 1. The molecule has 2 N–H and O–H groups in total. The molecule has 0 radical (unpaired) electrons. The molecule has 1 aliphatic rings. The lowest BCUT2D eigenvalue weighted by molar-refractivity contribution is -0.142. The van der Waals surface area contributed by atoms with Crippen molar-refractivity contribution in [3.8, 4) is 0 Å². The maximum absolute atomic E-state index is 12.0. The molecule has 0 aliphatic heterocycles. The molecule has 0 spiro atoms. The standard InChI is InChI=1S/C12H24N2O2.ClH/c1-14(12(15)11(9-13)16-2)10-7-5-3-4-6-8-10;/h10-11H,3-9,13H2,1-2H3;1H. The molecule has 17 heavy (non-hydrogen) atoms. The van der Waals surface area contributed by atoms with Crippen molar-refractivity contribution in [2.45, 2.75) is 50.7 Å². The number of ether oxygens (including phenoxy) is 1. The molecule has 1 saturated carbocycles. The summed E-state index contributed by atoms with van der Waals surface area (Å²) in [4.78, 5) is 13.9. The van der Waals surface area contributed by atoms with Crippen molar-refractivity contribution in [2.24, 2.45) is 5.73 Å². The molecule has 1 aliphatic carbocycles. The quantitative estimate of drug-likeness (QED) is 0.784. The summed E-state index contributed by atoms with van der Waals surface area (Å²) in [6.45, 7) is 0.256. The number of amides is 1. The van der Waals surface area contributed by atoms with Crippen molar-refractivity contribution in [2.75, 3.05) is 20.7 Å². The van der Waals surface area contributed by atoms with E-state index in [-0.39, 0.29) is 24.9 Å². The summed E-state index contributed by atoms with van der Waals surface area (Å²) in [5.74, 6) is 0.0249. The van der Waals surface area contributed by atoms with E-state index in [0.29, 0.717) is 6.04 Å². The molecule has 0 aromatic rings. The van der Waals surface area contributed by atoms with Gasteiger partial charge in [0.1, 0.15) is 6.10 Å². The molecule has 1 amide bonds. The summed E-state index contributed by atoms with van der Waals surface area (Å²) >= 11 is 0. The number of hydrogen-bond donors (Lipinski definition) is 1. The lowest BCUT2D eigenvalue weighted by Gasteiger charge is -2.29. The SMILES string of the molecule is COC(CN)C(=O)N(C)C1CCCCCC1.Cl. The van der Waals surface area contributed by atoms with Crippen molar-refractivity contribution in [3.63, 3.8) is 0 Å². The summed E-state index contributed by atoms with van der Waals surface area (Å²) in [5.41, 5.74) is 5.51. The second-order valence-electron chi connectivity index (χ2n) is 4.55. The molecule has 1 atom stereocenters. The van der Waals surface area contributed by atoms with E-state index in [1.807, 2.05) is 11.9 Å². The van der Waals surface area contributed by atoms with Crippen LogP contribution in [-0.4, -0.2) is 43.7 Å². The first kappa shape index (κ1) is 16.7. The molecule has 1 fully saturated rings. The van der Waals surface area contributed by atoms with E-state index in [1.54, 1.807) is 0 Å². The monoisotopic (exact) mass is 264 g/mol. The largest absolute Gasteiger partial charge is 0.370 e. The highest BCUT2D eigenvalue weighted by Gasteiger charge is 2.26. The Morgan fingerprint density at radius 1 is 1.35 bits per heavy atom.